The van der Waals surface area contributed by atoms with Gasteiger partial charge < -0.3 is 9.32 Å². The fourth-order valence-electron chi connectivity index (χ4n) is 3.94. The number of oxazole rings is 1. The Kier molecular flexibility index (Phi) is 5.03. The van der Waals surface area contributed by atoms with E-state index in [-0.39, 0.29) is 17.7 Å². The van der Waals surface area contributed by atoms with Gasteiger partial charge in [-0.15, -0.1) is 0 Å². The van der Waals surface area contributed by atoms with E-state index in [4.69, 9.17) is 4.42 Å². The van der Waals surface area contributed by atoms with Gasteiger partial charge in [-0.3, -0.25) is 9.89 Å². The maximum absolute atomic E-state index is 13.1. The van der Waals surface area contributed by atoms with Gasteiger partial charge in [0.25, 0.3) is 5.91 Å². The molecule has 1 saturated heterocycles. The van der Waals surface area contributed by atoms with E-state index in [1.54, 1.807) is 0 Å². The molecule has 6 heteroatoms. The van der Waals surface area contributed by atoms with Crippen LogP contribution < -0.4 is 0 Å². The number of carbonyl (C=O) groups excluding carboxylic acids is 1. The molecule has 4 rings (SSSR count). The highest BCUT2D eigenvalue weighted by Gasteiger charge is 2.31. The standard InChI is InChI=1S/C22H26N4O2/c1-14(2)21-20(23-13-28-21)22(27)26-10-4-5-17(12-26)19-18(11-24-25-19)16-8-6-15(3)7-9-16/h6-9,11,13-14,17H,4-5,10,12H2,1-3H3,(H,24,25)/t17-/m0/s1. The summed E-state index contributed by atoms with van der Waals surface area (Å²) in [4.78, 5) is 19.2. The first-order valence-electron chi connectivity index (χ1n) is 9.87. The second-order valence-corrected chi connectivity index (χ2v) is 7.87. The molecule has 0 bridgehead atoms. The van der Waals surface area contributed by atoms with E-state index in [1.165, 1.54) is 12.0 Å². The molecule has 2 aromatic heterocycles. The van der Waals surface area contributed by atoms with Crippen LogP contribution >= 0.6 is 0 Å². The number of aromatic nitrogens is 3. The first-order valence-corrected chi connectivity index (χ1v) is 9.87. The molecule has 6 nitrogen and oxygen atoms in total. The van der Waals surface area contributed by atoms with Crippen molar-refractivity contribution in [1.29, 1.82) is 0 Å². The molecule has 1 amide bonds. The van der Waals surface area contributed by atoms with Crippen molar-refractivity contribution in [2.24, 2.45) is 0 Å². The number of piperidine rings is 1. The number of rotatable bonds is 4. The predicted molar refractivity (Wildman–Crippen MR) is 107 cm³/mol. The third-order valence-electron chi connectivity index (χ3n) is 5.47. The first kappa shape index (κ1) is 18.5. The molecular weight excluding hydrogens is 352 g/mol. The molecule has 1 atom stereocenters. The molecule has 0 aliphatic carbocycles. The van der Waals surface area contributed by atoms with Crippen molar-refractivity contribution in [1.82, 2.24) is 20.1 Å². The summed E-state index contributed by atoms with van der Waals surface area (Å²) in [5.41, 5.74) is 5.04. The molecular formula is C22H26N4O2. The zero-order valence-electron chi connectivity index (χ0n) is 16.6. The molecule has 0 spiro atoms. The number of hydrogen-bond donors (Lipinski definition) is 1. The molecule has 1 aliphatic rings. The molecule has 3 heterocycles. The Hall–Kier alpha value is -2.89. The lowest BCUT2D eigenvalue weighted by Gasteiger charge is -2.32. The highest BCUT2D eigenvalue weighted by Crippen LogP contribution is 2.34. The highest BCUT2D eigenvalue weighted by molar-refractivity contribution is 5.93. The minimum atomic E-state index is -0.0430. The van der Waals surface area contributed by atoms with Crippen LogP contribution in [0.3, 0.4) is 0 Å². The summed E-state index contributed by atoms with van der Waals surface area (Å²) >= 11 is 0. The van der Waals surface area contributed by atoms with Gasteiger partial charge in [0.05, 0.1) is 6.20 Å². The van der Waals surface area contributed by atoms with Crippen LogP contribution in [0.4, 0.5) is 0 Å². The zero-order chi connectivity index (χ0) is 19.7. The highest BCUT2D eigenvalue weighted by atomic mass is 16.3. The van der Waals surface area contributed by atoms with Gasteiger partial charge in [-0.05, 0) is 25.3 Å². The van der Waals surface area contributed by atoms with E-state index < -0.39 is 0 Å². The Morgan fingerprint density at radius 1 is 1.29 bits per heavy atom. The largest absolute Gasteiger partial charge is 0.447 e. The second-order valence-electron chi connectivity index (χ2n) is 7.87. The topological polar surface area (TPSA) is 75.0 Å². The van der Waals surface area contributed by atoms with Gasteiger partial charge in [-0.1, -0.05) is 43.7 Å². The number of aryl methyl sites for hydroxylation is 1. The molecule has 1 fully saturated rings. The van der Waals surface area contributed by atoms with Crippen molar-refractivity contribution in [3.05, 3.63) is 59.6 Å². The molecule has 1 aliphatic heterocycles. The van der Waals surface area contributed by atoms with Gasteiger partial charge in [0.1, 0.15) is 5.76 Å². The van der Waals surface area contributed by atoms with Crippen molar-refractivity contribution in [2.75, 3.05) is 13.1 Å². The fourth-order valence-corrected chi connectivity index (χ4v) is 3.94. The Morgan fingerprint density at radius 3 is 2.82 bits per heavy atom. The summed E-state index contributed by atoms with van der Waals surface area (Å²) in [6.07, 6.45) is 5.24. The predicted octanol–water partition coefficient (Wildman–Crippen LogP) is 4.52. The summed E-state index contributed by atoms with van der Waals surface area (Å²) in [6.45, 7) is 7.50. The lowest BCUT2D eigenvalue weighted by molar-refractivity contribution is 0.0698. The van der Waals surface area contributed by atoms with Crippen molar-refractivity contribution in [3.8, 4) is 11.1 Å². The van der Waals surface area contributed by atoms with Crippen LogP contribution in [0.5, 0.6) is 0 Å². The van der Waals surface area contributed by atoms with Gasteiger partial charge in [0.15, 0.2) is 12.1 Å². The number of aromatic amines is 1. The molecule has 1 aromatic carbocycles. The van der Waals surface area contributed by atoms with E-state index in [1.807, 2.05) is 24.9 Å². The van der Waals surface area contributed by atoms with Crippen LogP contribution in [0.1, 0.15) is 66.0 Å². The molecule has 1 N–H and O–H groups in total. The van der Waals surface area contributed by atoms with Gasteiger partial charge in [0.2, 0.25) is 0 Å². The van der Waals surface area contributed by atoms with E-state index in [9.17, 15) is 4.79 Å². The van der Waals surface area contributed by atoms with Crippen LogP contribution in [0.15, 0.2) is 41.3 Å². The molecule has 0 radical (unpaired) electrons. The van der Waals surface area contributed by atoms with Gasteiger partial charge in [-0.2, -0.15) is 5.10 Å². The molecule has 28 heavy (non-hydrogen) atoms. The summed E-state index contributed by atoms with van der Waals surface area (Å²) < 4.78 is 5.45. The summed E-state index contributed by atoms with van der Waals surface area (Å²) in [5.74, 6) is 0.973. The van der Waals surface area contributed by atoms with Crippen LogP contribution in [-0.2, 0) is 0 Å². The van der Waals surface area contributed by atoms with Crippen LogP contribution in [0.2, 0.25) is 0 Å². The average Bonchev–Trinajstić information content (AvgIpc) is 3.38. The van der Waals surface area contributed by atoms with Gasteiger partial charge in [-0.25, -0.2) is 4.98 Å². The number of nitrogens with zero attached hydrogens (tertiary/aromatic N) is 3. The second kappa shape index (κ2) is 7.62. The Balaban J connectivity index is 1.57. The van der Waals surface area contributed by atoms with Crippen molar-refractivity contribution < 1.29 is 9.21 Å². The van der Waals surface area contributed by atoms with Crippen molar-refractivity contribution >= 4 is 5.91 Å². The van der Waals surface area contributed by atoms with E-state index >= 15 is 0 Å². The summed E-state index contributed by atoms with van der Waals surface area (Å²) in [6, 6.07) is 8.47. The molecule has 0 saturated carbocycles. The Bertz CT molecular complexity index is 955. The normalized spacial score (nSPS) is 17.3. The first-order chi connectivity index (χ1) is 13.5. The maximum atomic E-state index is 13.1. The monoisotopic (exact) mass is 378 g/mol. The fraction of sp³-hybridized carbons (Fsp3) is 0.409. The minimum absolute atomic E-state index is 0.0430. The van der Waals surface area contributed by atoms with Crippen molar-refractivity contribution in [3.63, 3.8) is 0 Å². The summed E-state index contributed by atoms with van der Waals surface area (Å²) in [5, 5.41) is 7.49. The van der Waals surface area contributed by atoms with Crippen LogP contribution in [0, 0.1) is 6.92 Å². The third-order valence-corrected chi connectivity index (χ3v) is 5.47. The molecule has 3 aromatic rings. The summed E-state index contributed by atoms with van der Waals surface area (Å²) in [7, 11) is 0. The maximum Gasteiger partial charge on any atom is 0.276 e. The third kappa shape index (κ3) is 3.46. The minimum Gasteiger partial charge on any atom is -0.447 e. The number of benzene rings is 1. The van der Waals surface area contributed by atoms with E-state index in [0.717, 1.165) is 36.2 Å². The Morgan fingerprint density at radius 2 is 2.07 bits per heavy atom. The smallest absolute Gasteiger partial charge is 0.276 e. The number of H-pyrrole nitrogens is 1. The van der Waals surface area contributed by atoms with Crippen LogP contribution in [-0.4, -0.2) is 39.1 Å². The van der Waals surface area contributed by atoms with Gasteiger partial charge >= 0.3 is 0 Å². The zero-order valence-corrected chi connectivity index (χ0v) is 16.6. The quantitative estimate of drug-likeness (QED) is 0.724. The van der Waals surface area contributed by atoms with Crippen LogP contribution in [0.25, 0.3) is 11.1 Å². The van der Waals surface area contributed by atoms with Gasteiger partial charge in [0, 0.05) is 36.2 Å². The number of nitrogens with one attached hydrogen (secondary N) is 1. The SMILES string of the molecule is Cc1ccc(-c2cn[nH]c2[C@H]2CCCN(C(=O)c3ncoc3C(C)C)C2)cc1. The lowest BCUT2D eigenvalue weighted by atomic mass is 9.90. The Labute approximate surface area is 165 Å². The lowest BCUT2D eigenvalue weighted by Crippen LogP contribution is -2.39. The number of carbonyl (C=O) groups is 1. The van der Waals surface area contributed by atoms with Crippen molar-refractivity contribution in [2.45, 2.75) is 45.4 Å². The van der Waals surface area contributed by atoms with E-state index in [2.05, 4.69) is 46.4 Å². The molecule has 0 unspecified atom stereocenters. The molecule has 146 valence electrons. The number of hydrogen-bond acceptors (Lipinski definition) is 4. The average molecular weight is 378 g/mol. The number of likely N-dealkylation sites (tertiary alicyclic amines) is 1. The number of amides is 1. The van der Waals surface area contributed by atoms with E-state index in [0.29, 0.717) is 18.0 Å².